The first-order valence-corrected chi connectivity index (χ1v) is 5.08. The van der Waals surface area contributed by atoms with Gasteiger partial charge in [-0.2, -0.15) is 0 Å². The molecule has 1 N–H and O–H groups in total. The van der Waals surface area contributed by atoms with Gasteiger partial charge in [-0.05, 0) is 12.1 Å². The van der Waals surface area contributed by atoms with Crippen LogP contribution in [0.3, 0.4) is 0 Å². The first kappa shape index (κ1) is 13.7. The topological polar surface area (TPSA) is 89.9 Å². The van der Waals surface area contributed by atoms with Crippen LogP contribution in [0, 0.1) is 0 Å². The minimum absolute atomic E-state index is 0.0109. The molecule has 0 aromatic heterocycles. The van der Waals surface area contributed by atoms with E-state index in [0.717, 1.165) is 13.8 Å². The minimum Gasteiger partial charge on any atom is -0.478 e. The van der Waals surface area contributed by atoms with Crippen molar-refractivity contribution in [1.29, 1.82) is 0 Å². The summed E-state index contributed by atoms with van der Waals surface area (Å²) >= 11 is 0. The van der Waals surface area contributed by atoms with Crippen molar-refractivity contribution in [3.05, 3.63) is 35.4 Å². The second-order valence-electron chi connectivity index (χ2n) is 3.48. The summed E-state index contributed by atoms with van der Waals surface area (Å²) in [6.45, 7) is 2.33. The molecule has 0 radical (unpaired) electrons. The maximum absolute atomic E-state index is 10.9. The van der Waals surface area contributed by atoms with Crippen LogP contribution in [0.1, 0.15) is 36.1 Å². The molecule has 0 spiro atoms. The Morgan fingerprint density at radius 3 is 2.11 bits per heavy atom. The lowest BCUT2D eigenvalue weighted by atomic mass is 10.1. The van der Waals surface area contributed by atoms with Crippen LogP contribution in [0.2, 0.25) is 0 Å². The molecule has 0 aliphatic carbocycles. The molecule has 1 rings (SSSR count). The Morgan fingerprint density at radius 1 is 1.11 bits per heavy atom. The molecule has 0 atom stereocenters. The standard InChI is InChI=1S/C12H12O6/c1-7(13)17-12(18-8(2)14)10-5-3-4-9(6-10)11(15)16/h3-6,12H,1-2H3,(H,15,16). The Hall–Kier alpha value is -2.37. The molecule has 0 saturated carbocycles. The summed E-state index contributed by atoms with van der Waals surface area (Å²) in [6.07, 6.45) is -1.24. The van der Waals surface area contributed by atoms with Crippen molar-refractivity contribution in [3.8, 4) is 0 Å². The van der Waals surface area contributed by atoms with Crippen molar-refractivity contribution in [3.63, 3.8) is 0 Å². The number of ether oxygens (including phenoxy) is 2. The number of hydrogen-bond donors (Lipinski definition) is 1. The van der Waals surface area contributed by atoms with Crippen LogP contribution in [0.5, 0.6) is 0 Å². The first-order valence-electron chi connectivity index (χ1n) is 5.08. The summed E-state index contributed by atoms with van der Waals surface area (Å²) in [4.78, 5) is 32.6. The van der Waals surface area contributed by atoms with Gasteiger partial charge in [-0.1, -0.05) is 12.1 Å². The monoisotopic (exact) mass is 252 g/mol. The number of carboxylic acid groups (broad SMARTS) is 1. The number of benzene rings is 1. The van der Waals surface area contributed by atoms with E-state index in [9.17, 15) is 14.4 Å². The van der Waals surface area contributed by atoms with Crippen molar-refractivity contribution in [2.45, 2.75) is 20.1 Å². The molecular weight excluding hydrogens is 240 g/mol. The second kappa shape index (κ2) is 5.81. The summed E-state index contributed by atoms with van der Waals surface area (Å²) in [5, 5.41) is 8.84. The van der Waals surface area contributed by atoms with Crippen molar-refractivity contribution in [1.82, 2.24) is 0 Å². The van der Waals surface area contributed by atoms with E-state index in [0.29, 0.717) is 0 Å². The Balaban J connectivity index is 3.03. The number of carboxylic acids is 1. The fourth-order valence-electron chi connectivity index (χ4n) is 1.28. The Labute approximate surface area is 103 Å². The third-order valence-electron chi connectivity index (χ3n) is 1.95. The molecule has 1 aromatic carbocycles. The average Bonchev–Trinajstić information content (AvgIpc) is 2.27. The van der Waals surface area contributed by atoms with Crippen molar-refractivity contribution >= 4 is 17.9 Å². The molecule has 0 aliphatic rings. The third kappa shape index (κ3) is 3.89. The predicted octanol–water partition coefficient (Wildman–Crippen LogP) is 1.51. The number of hydrogen-bond acceptors (Lipinski definition) is 5. The van der Waals surface area contributed by atoms with Gasteiger partial charge in [0.1, 0.15) is 0 Å². The number of rotatable bonds is 4. The van der Waals surface area contributed by atoms with E-state index < -0.39 is 24.2 Å². The molecule has 0 aliphatic heterocycles. The number of carbonyl (C=O) groups is 3. The lowest BCUT2D eigenvalue weighted by Crippen LogP contribution is -2.15. The minimum atomic E-state index is -1.24. The van der Waals surface area contributed by atoms with Gasteiger partial charge in [0.25, 0.3) is 6.29 Å². The molecule has 0 heterocycles. The molecule has 0 saturated heterocycles. The molecule has 6 heteroatoms. The molecule has 18 heavy (non-hydrogen) atoms. The summed E-state index contributed by atoms with van der Waals surface area (Å²) in [6, 6.07) is 5.63. The zero-order valence-electron chi connectivity index (χ0n) is 9.88. The lowest BCUT2D eigenvalue weighted by Gasteiger charge is -2.17. The van der Waals surface area contributed by atoms with Gasteiger partial charge in [0.2, 0.25) is 0 Å². The van der Waals surface area contributed by atoms with Gasteiger partial charge in [-0.3, -0.25) is 9.59 Å². The quantitative estimate of drug-likeness (QED) is 0.645. The summed E-state index contributed by atoms with van der Waals surface area (Å²) in [5.74, 6) is -2.40. The van der Waals surface area contributed by atoms with E-state index in [1.807, 2.05) is 0 Å². The zero-order chi connectivity index (χ0) is 13.7. The van der Waals surface area contributed by atoms with Crippen LogP contribution >= 0.6 is 0 Å². The predicted molar refractivity (Wildman–Crippen MR) is 59.7 cm³/mol. The summed E-state index contributed by atoms with van der Waals surface area (Å²) in [5.41, 5.74) is 0.289. The summed E-state index contributed by atoms with van der Waals surface area (Å²) in [7, 11) is 0. The van der Waals surface area contributed by atoms with E-state index in [1.54, 1.807) is 0 Å². The normalized spacial score (nSPS) is 9.94. The molecule has 96 valence electrons. The fraction of sp³-hybridized carbons (Fsp3) is 0.250. The highest BCUT2D eigenvalue weighted by molar-refractivity contribution is 5.87. The van der Waals surface area contributed by atoms with Crippen molar-refractivity contribution < 1.29 is 29.0 Å². The third-order valence-corrected chi connectivity index (χ3v) is 1.95. The van der Waals surface area contributed by atoms with E-state index in [4.69, 9.17) is 14.6 Å². The smallest absolute Gasteiger partial charge is 0.335 e. The Kier molecular flexibility index (Phi) is 4.42. The van der Waals surface area contributed by atoms with Crippen LogP contribution in [0.4, 0.5) is 0 Å². The van der Waals surface area contributed by atoms with Crippen molar-refractivity contribution in [2.75, 3.05) is 0 Å². The van der Waals surface area contributed by atoms with Gasteiger partial charge in [0, 0.05) is 19.4 Å². The number of carbonyl (C=O) groups excluding carboxylic acids is 2. The van der Waals surface area contributed by atoms with E-state index >= 15 is 0 Å². The van der Waals surface area contributed by atoms with Gasteiger partial charge in [0.15, 0.2) is 0 Å². The molecule has 0 amide bonds. The molecule has 1 aromatic rings. The van der Waals surface area contributed by atoms with E-state index in [2.05, 4.69) is 0 Å². The highest BCUT2D eigenvalue weighted by Crippen LogP contribution is 2.20. The first-order chi connectivity index (χ1) is 8.40. The van der Waals surface area contributed by atoms with Crippen LogP contribution in [-0.2, 0) is 19.1 Å². The molecule has 6 nitrogen and oxygen atoms in total. The molecule has 0 fully saturated rings. The number of esters is 2. The van der Waals surface area contributed by atoms with Gasteiger partial charge < -0.3 is 14.6 Å². The van der Waals surface area contributed by atoms with Gasteiger partial charge in [-0.25, -0.2) is 4.79 Å². The second-order valence-corrected chi connectivity index (χ2v) is 3.48. The van der Waals surface area contributed by atoms with Crippen LogP contribution in [0.15, 0.2) is 24.3 Å². The highest BCUT2D eigenvalue weighted by atomic mass is 16.7. The van der Waals surface area contributed by atoms with Crippen LogP contribution in [-0.4, -0.2) is 23.0 Å². The van der Waals surface area contributed by atoms with Crippen LogP contribution < -0.4 is 0 Å². The SMILES string of the molecule is CC(=O)OC(OC(C)=O)c1cccc(C(=O)O)c1. The zero-order valence-corrected chi connectivity index (χ0v) is 9.88. The largest absolute Gasteiger partial charge is 0.478 e. The number of aromatic carboxylic acids is 1. The highest BCUT2D eigenvalue weighted by Gasteiger charge is 2.19. The molecule has 0 bridgehead atoms. The Morgan fingerprint density at radius 2 is 1.67 bits per heavy atom. The average molecular weight is 252 g/mol. The van der Waals surface area contributed by atoms with E-state index in [1.165, 1.54) is 24.3 Å². The van der Waals surface area contributed by atoms with E-state index in [-0.39, 0.29) is 11.1 Å². The molecular formula is C12H12O6. The Bertz CT molecular complexity index is 463. The summed E-state index contributed by atoms with van der Waals surface area (Å²) < 4.78 is 9.61. The van der Waals surface area contributed by atoms with Gasteiger partial charge >= 0.3 is 17.9 Å². The lowest BCUT2D eigenvalue weighted by molar-refractivity contribution is -0.186. The van der Waals surface area contributed by atoms with Gasteiger partial charge in [-0.15, -0.1) is 0 Å². The maximum Gasteiger partial charge on any atom is 0.335 e. The fourth-order valence-corrected chi connectivity index (χ4v) is 1.28. The van der Waals surface area contributed by atoms with Crippen molar-refractivity contribution in [2.24, 2.45) is 0 Å². The molecule has 0 unspecified atom stereocenters. The van der Waals surface area contributed by atoms with Gasteiger partial charge in [0.05, 0.1) is 5.56 Å². The maximum atomic E-state index is 10.9. The van der Waals surface area contributed by atoms with Crippen LogP contribution in [0.25, 0.3) is 0 Å².